The van der Waals surface area contributed by atoms with Gasteiger partial charge in [-0.15, -0.1) is 0 Å². The molecule has 1 rings (SSSR count). The van der Waals surface area contributed by atoms with Crippen molar-refractivity contribution in [1.29, 1.82) is 0 Å². The van der Waals surface area contributed by atoms with Crippen molar-refractivity contribution >= 4 is 0 Å². The number of hydrogen-bond acceptors (Lipinski definition) is 3. The van der Waals surface area contributed by atoms with Gasteiger partial charge in [-0.05, 0) is 33.5 Å². The number of benzene rings is 1. The van der Waals surface area contributed by atoms with Crippen molar-refractivity contribution in [3.8, 4) is 5.75 Å². The van der Waals surface area contributed by atoms with Crippen LogP contribution in [0, 0.1) is 6.92 Å². The molecule has 0 bridgehead atoms. The maximum absolute atomic E-state index is 9.81. The third-order valence-electron chi connectivity index (χ3n) is 3.13. The van der Waals surface area contributed by atoms with Crippen molar-refractivity contribution in [2.75, 3.05) is 26.7 Å². The van der Waals surface area contributed by atoms with E-state index in [1.165, 1.54) is 5.56 Å². The highest BCUT2D eigenvalue weighted by molar-refractivity contribution is 5.37. The SMILES string of the molecule is CCN(C)CCNC(C)c1cc(C)ccc1O. The minimum atomic E-state index is 0.181. The van der Waals surface area contributed by atoms with Gasteiger partial charge in [-0.25, -0.2) is 0 Å². The molecule has 0 amide bonds. The molecule has 0 aliphatic carbocycles. The number of nitrogens with zero attached hydrogens (tertiary/aromatic N) is 1. The summed E-state index contributed by atoms with van der Waals surface area (Å²) in [5.41, 5.74) is 2.15. The van der Waals surface area contributed by atoms with Gasteiger partial charge >= 0.3 is 0 Å². The number of phenols is 1. The zero-order valence-electron chi connectivity index (χ0n) is 11.3. The van der Waals surface area contributed by atoms with Crippen LogP contribution in [0.1, 0.15) is 31.0 Å². The first-order valence-electron chi connectivity index (χ1n) is 6.26. The molecule has 96 valence electrons. The van der Waals surface area contributed by atoms with Crippen molar-refractivity contribution in [3.05, 3.63) is 29.3 Å². The van der Waals surface area contributed by atoms with Gasteiger partial charge in [-0.3, -0.25) is 0 Å². The van der Waals surface area contributed by atoms with Gasteiger partial charge in [0.15, 0.2) is 0 Å². The summed E-state index contributed by atoms with van der Waals surface area (Å²) >= 11 is 0. The zero-order valence-corrected chi connectivity index (χ0v) is 11.3. The third kappa shape index (κ3) is 4.36. The number of aromatic hydroxyl groups is 1. The van der Waals surface area contributed by atoms with Gasteiger partial charge in [0.2, 0.25) is 0 Å². The molecule has 2 N–H and O–H groups in total. The van der Waals surface area contributed by atoms with Gasteiger partial charge in [-0.1, -0.05) is 24.6 Å². The van der Waals surface area contributed by atoms with Crippen LogP contribution in [0.25, 0.3) is 0 Å². The fourth-order valence-electron chi connectivity index (χ4n) is 1.76. The van der Waals surface area contributed by atoms with Gasteiger partial charge in [0.05, 0.1) is 0 Å². The Kier molecular flexibility index (Phi) is 5.45. The Hall–Kier alpha value is -1.06. The largest absolute Gasteiger partial charge is 0.508 e. The second-order valence-corrected chi connectivity index (χ2v) is 4.63. The standard InChI is InChI=1S/C14H24N2O/c1-5-16(4)9-8-15-12(3)13-10-11(2)6-7-14(13)17/h6-7,10,12,15,17H,5,8-9H2,1-4H3. The Bertz CT molecular complexity index is 352. The van der Waals surface area contributed by atoms with Crippen LogP contribution in [0.3, 0.4) is 0 Å². The van der Waals surface area contributed by atoms with E-state index in [2.05, 4.69) is 31.1 Å². The van der Waals surface area contributed by atoms with Crippen molar-refractivity contribution in [1.82, 2.24) is 10.2 Å². The molecule has 0 saturated heterocycles. The van der Waals surface area contributed by atoms with Crippen LogP contribution in [-0.4, -0.2) is 36.7 Å². The highest BCUT2D eigenvalue weighted by Gasteiger charge is 2.09. The highest BCUT2D eigenvalue weighted by atomic mass is 16.3. The maximum atomic E-state index is 9.81. The first-order valence-corrected chi connectivity index (χ1v) is 6.26. The molecule has 0 heterocycles. The molecule has 0 spiro atoms. The first kappa shape index (κ1) is 14.0. The number of likely N-dealkylation sites (N-methyl/N-ethyl adjacent to an activating group) is 1. The molecule has 1 aromatic rings. The van der Waals surface area contributed by atoms with Crippen molar-refractivity contribution < 1.29 is 5.11 Å². The first-order chi connectivity index (χ1) is 8.04. The van der Waals surface area contributed by atoms with Crippen molar-refractivity contribution in [2.45, 2.75) is 26.8 Å². The van der Waals surface area contributed by atoms with E-state index in [1.807, 2.05) is 19.1 Å². The van der Waals surface area contributed by atoms with Crippen LogP contribution in [0.15, 0.2) is 18.2 Å². The lowest BCUT2D eigenvalue weighted by Crippen LogP contribution is -2.30. The summed E-state index contributed by atoms with van der Waals surface area (Å²) in [7, 11) is 2.11. The maximum Gasteiger partial charge on any atom is 0.120 e. The lowest BCUT2D eigenvalue weighted by molar-refractivity contribution is 0.341. The molecule has 0 aromatic heterocycles. The summed E-state index contributed by atoms with van der Waals surface area (Å²) in [6.45, 7) is 9.29. The summed E-state index contributed by atoms with van der Waals surface area (Å²) in [5, 5.41) is 13.2. The Morgan fingerprint density at radius 2 is 2.12 bits per heavy atom. The minimum absolute atomic E-state index is 0.181. The van der Waals surface area contributed by atoms with Gasteiger partial charge in [0.25, 0.3) is 0 Å². The summed E-state index contributed by atoms with van der Waals surface area (Å²) in [6, 6.07) is 5.91. The van der Waals surface area contributed by atoms with E-state index in [4.69, 9.17) is 0 Å². The lowest BCUT2D eigenvalue weighted by Gasteiger charge is -2.19. The molecule has 0 aliphatic rings. The lowest BCUT2D eigenvalue weighted by atomic mass is 10.0. The quantitative estimate of drug-likeness (QED) is 0.795. The molecule has 0 fully saturated rings. The van der Waals surface area contributed by atoms with E-state index < -0.39 is 0 Å². The van der Waals surface area contributed by atoms with Gasteiger partial charge in [-0.2, -0.15) is 0 Å². The molecule has 1 aromatic carbocycles. The minimum Gasteiger partial charge on any atom is -0.508 e. The third-order valence-corrected chi connectivity index (χ3v) is 3.13. The fraction of sp³-hybridized carbons (Fsp3) is 0.571. The van der Waals surface area contributed by atoms with Gasteiger partial charge in [0.1, 0.15) is 5.75 Å². The number of rotatable bonds is 6. The second-order valence-electron chi connectivity index (χ2n) is 4.63. The molecule has 1 unspecified atom stereocenters. The van der Waals surface area contributed by atoms with E-state index in [0.29, 0.717) is 5.75 Å². The molecular formula is C14H24N2O. The van der Waals surface area contributed by atoms with Crippen LogP contribution in [0.5, 0.6) is 5.75 Å². The number of hydrogen-bond donors (Lipinski definition) is 2. The number of aryl methyl sites for hydroxylation is 1. The molecule has 0 aliphatic heterocycles. The van der Waals surface area contributed by atoms with Crippen LogP contribution >= 0.6 is 0 Å². The molecular weight excluding hydrogens is 212 g/mol. The number of nitrogens with one attached hydrogen (secondary N) is 1. The van der Waals surface area contributed by atoms with Gasteiger partial charge < -0.3 is 15.3 Å². The van der Waals surface area contributed by atoms with Gasteiger partial charge in [0, 0.05) is 24.7 Å². The Balaban J connectivity index is 2.52. The Morgan fingerprint density at radius 1 is 1.41 bits per heavy atom. The van der Waals surface area contributed by atoms with Crippen molar-refractivity contribution in [3.63, 3.8) is 0 Å². The predicted molar refractivity (Wildman–Crippen MR) is 72.4 cm³/mol. The van der Waals surface area contributed by atoms with E-state index in [9.17, 15) is 5.11 Å². The fourth-order valence-corrected chi connectivity index (χ4v) is 1.76. The summed E-state index contributed by atoms with van der Waals surface area (Å²) in [4.78, 5) is 2.26. The average Bonchev–Trinajstić information content (AvgIpc) is 2.31. The molecule has 1 atom stereocenters. The predicted octanol–water partition coefficient (Wildman–Crippen LogP) is 2.30. The Morgan fingerprint density at radius 3 is 2.76 bits per heavy atom. The zero-order chi connectivity index (χ0) is 12.8. The summed E-state index contributed by atoms with van der Waals surface area (Å²) in [5.74, 6) is 0.374. The molecule has 17 heavy (non-hydrogen) atoms. The van der Waals surface area contributed by atoms with E-state index >= 15 is 0 Å². The van der Waals surface area contributed by atoms with Crippen molar-refractivity contribution in [2.24, 2.45) is 0 Å². The normalized spacial score (nSPS) is 13.0. The average molecular weight is 236 g/mol. The number of phenolic OH excluding ortho intramolecular Hbond substituents is 1. The smallest absolute Gasteiger partial charge is 0.120 e. The van der Waals surface area contributed by atoms with E-state index in [1.54, 1.807) is 6.07 Å². The molecule has 3 heteroatoms. The van der Waals surface area contributed by atoms with E-state index in [0.717, 1.165) is 25.2 Å². The molecule has 0 saturated carbocycles. The molecule has 0 radical (unpaired) electrons. The Labute approximate surface area is 104 Å². The second kappa shape index (κ2) is 6.62. The van der Waals surface area contributed by atoms with Crippen LogP contribution in [0.2, 0.25) is 0 Å². The van der Waals surface area contributed by atoms with Crippen LogP contribution in [0.4, 0.5) is 0 Å². The molecule has 3 nitrogen and oxygen atoms in total. The topological polar surface area (TPSA) is 35.5 Å². The van der Waals surface area contributed by atoms with E-state index in [-0.39, 0.29) is 6.04 Å². The van der Waals surface area contributed by atoms with Crippen LogP contribution in [-0.2, 0) is 0 Å². The summed E-state index contributed by atoms with van der Waals surface area (Å²) < 4.78 is 0. The summed E-state index contributed by atoms with van der Waals surface area (Å²) in [6.07, 6.45) is 0. The highest BCUT2D eigenvalue weighted by Crippen LogP contribution is 2.24. The van der Waals surface area contributed by atoms with Crippen LogP contribution < -0.4 is 5.32 Å². The monoisotopic (exact) mass is 236 g/mol.